The first-order valence-electron chi connectivity index (χ1n) is 5.05. The molecule has 16 heavy (non-hydrogen) atoms. The lowest BCUT2D eigenvalue weighted by molar-refractivity contribution is -0.144. The first kappa shape index (κ1) is 12.6. The minimum absolute atomic E-state index is 0.344. The third-order valence-electron chi connectivity index (χ3n) is 2.04. The van der Waals surface area contributed by atoms with E-state index in [2.05, 4.69) is 22.4 Å². The molecule has 0 aromatic heterocycles. The number of carbonyl (C=O) groups is 1. The van der Waals surface area contributed by atoms with Crippen LogP contribution in [0.1, 0.15) is 12.5 Å². The summed E-state index contributed by atoms with van der Waals surface area (Å²) in [6, 6.07) is 9.04. The molecular formula is C12H13NO2S. The van der Waals surface area contributed by atoms with Crippen molar-refractivity contribution in [1.29, 1.82) is 0 Å². The number of benzene rings is 1. The van der Waals surface area contributed by atoms with Crippen molar-refractivity contribution in [1.82, 2.24) is 0 Å². The zero-order valence-electron chi connectivity index (χ0n) is 9.05. The van der Waals surface area contributed by atoms with Crippen molar-refractivity contribution in [2.75, 3.05) is 6.61 Å². The summed E-state index contributed by atoms with van der Waals surface area (Å²) in [6.45, 7) is 2.11. The maximum absolute atomic E-state index is 11.5. The summed E-state index contributed by atoms with van der Waals surface area (Å²) in [5.74, 6) is -0.358. The number of isothiocyanates is 1. The van der Waals surface area contributed by atoms with Gasteiger partial charge in [-0.25, -0.2) is 9.79 Å². The van der Waals surface area contributed by atoms with Gasteiger partial charge in [0.1, 0.15) is 0 Å². The predicted molar refractivity (Wildman–Crippen MR) is 65.6 cm³/mol. The molecule has 0 unspecified atom stereocenters. The molecule has 0 N–H and O–H groups in total. The van der Waals surface area contributed by atoms with Gasteiger partial charge in [0.25, 0.3) is 0 Å². The van der Waals surface area contributed by atoms with Gasteiger partial charge in [-0.3, -0.25) is 0 Å². The minimum atomic E-state index is -0.583. The average molecular weight is 235 g/mol. The molecule has 1 aromatic carbocycles. The van der Waals surface area contributed by atoms with E-state index in [-0.39, 0.29) is 5.97 Å². The van der Waals surface area contributed by atoms with E-state index in [1.54, 1.807) is 6.92 Å². The van der Waals surface area contributed by atoms with E-state index in [0.717, 1.165) is 5.56 Å². The molecule has 3 nitrogen and oxygen atoms in total. The van der Waals surface area contributed by atoms with Gasteiger partial charge in [-0.15, -0.1) is 0 Å². The smallest absolute Gasteiger partial charge is 0.332 e. The van der Waals surface area contributed by atoms with Gasteiger partial charge in [-0.1, -0.05) is 30.3 Å². The van der Waals surface area contributed by atoms with Gasteiger partial charge in [0.15, 0.2) is 6.04 Å². The minimum Gasteiger partial charge on any atom is -0.464 e. The third-order valence-corrected chi connectivity index (χ3v) is 2.14. The molecule has 84 valence electrons. The molecule has 0 saturated carbocycles. The number of ether oxygens (including phenoxy) is 1. The molecule has 0 bridgehead atoms. The second-order valence-electron chi connectivity index (χ2n) is 3.18. The molecule has 0 spiro atoms. The molecule has 4 heteroatoms. The van der Waals surface area contributed by atoms with Crippen LogP contribution in [0.2, 0.25) is 0 Å². The van der Waals surface area contributed by atoms with Gasteiger partial charge in [-0.2, -0.15) is 0 Å². The summed E-state index contributed by atoms with van der Waals surface area (Å²) in [6.07, 6.45) is 0.489. The summed E-state index contributed by atoms with van der Waals surface area (Å²) in [5.41, 5.74) is 1.02. The Labute approximate surface area is 100 Å². The van der Waals surface area contributed by atoms with Gasteiger partial charge in [-0.05, 0) is 24.7 Å². The van der Waals surface area contributed by atoms with Crippen molar-refractivity contribution in [2.45, 2.75) is 19.4 Å². The molecule has 0 saturated heterocycles. The molecule has 0 heterocycles. The SMILES string of the molecule is CCOC(=O)[C@@H](Cc1ccccc1)N=C=S. The molecule has 0 amide bonds. The van der Waals surface area contributed by atoms with Gasteiger partial charge >= 0.3 is 5.97 Å². The molecule has 0 aliphatic rings. The van der Waals surface area contributed by atoms with Crippen molar-refractivity contribution in [2.24, 2.45) is 4.99 Å². The van der Waals surface area contributed by atoms with Crippen LogP contribution in [0.15, 0.2) is 35.3 Å². The highest BCUT2D eigenvalue weighted by molar-refractivity contribution is 7.78. The number of hydrogen-bond acceptors (Lipinski definition) is 4. The van der Waals surface area contributed by atoms with Crippen LogP contribution in [0.5, 0.6) is 0 Å². The first-order valence-corrected chi connectivity index (χ1v) is 5.46. The van der Waals surface area contributed by atoms with Crippen LogP contribution in [0.4, 0.5) is 0 Å². The van der Waals surface area contributed by atoms with Crippen LogP contribution in [0.25, 0.3) is 0 Å². The number of rotatable bonds is 5. The van der Waals surface area contributed by atoms with Crippen molar-refractivity contribution < 1.29 is 9.53 Å². The fourth-order valence-corrected chi connectivity index (χ4v) is 1.45. The number of hydrogen-bond donors (Lipinski definition) is 0. The molecule has 0 fully saturated rings. The number of carbonyl (C=O) groups excluding carboxylic acids is 1. The third kappa shape index (κ3) is 3.93. The lowest BCUT2D eigenvalue weighted by atomic mass is 10.1. The fourth-order valence-electron chi connectivity index (χ4n) is 1.32. The lowest BCUT2D eigenvalue weighted by Crippen LogP contribution is -2.23. The van der Waals surface area contributed by atoms with Crippen LogP contribution in [-0.2, 0) is 16.0 Å². The number of esters is 1. The van der Waals surface area contributed by atoms with E-state index in [9.17, 15) is 4.79 Å². The monoisotopic (exact) mass is 235 g/mol. The van der Waals surface area contributed by atoms with E-state index >= 15 is 0 Å². The maximum atomic E-state index is 11.5. The second-order valence-corrected chi connectivity index (χ2v) is 3.36. The molecule has 0 radical (unpaired) electrons. The van der Waals surface area contributed by atoms with E-state index in [1.165, 1.54) is 0 Å². The van der Waals surface area contributed by atoms with Crippen LogP contribution in [-0.4, -0.2) is 23.8 Å². The summed E-state index contributed by atoms with van der Waals surface area (Å²) in [7, 11) is 0. The molecule has 1 aromatic rings. The number of nitrogens with zero attached hydrogens (tertiary/aromatic N) is 1. The maximum Gasteiger partial charge on any atom is 0.332 e. The Hall–Kier alpha value is -1.51. The van der Waals surface area contributed by atoms with Gasteiger partial charge in [0, 0.05) is 6.42 Å². The lowest BCUT2D eigenvalue weighted by Gasteiger charge is -2.09. The van der Waals surface area contributed by atoms with Gasteiger partial charge in [0.2, 0.25) is 0 Å². The Kier molecular flexibility index (Phi) is 5.40. The summed E-state index contributed by atoms with van der Waals surface area (Å²) >= 11 is 4.52. The molecule has 0 aliphatic heterocycles. The molecule has 1 atom stereocenters. The van der Waals surface area contributed by atoms with Crippen molar-refractivity contribution >= 4 is 23.3 Å². The zero-order chi connectivity index (χ0) is 11.8. The highest BCUT2D eigenvalue weighted by Crippen LogP contribution is 2.07. The van der Waals surface area contributed by atoms with Crippen molar-refractivity contribution in [3.8, 4) is 0 Å². The van der Waals surface area contributed by atoms with E-state index in [1.807, 2.05) is 30.3 Å². The van der Waals surface area contributed by atoms with Crippen LogP contribution < -0.4 is 0 Å². The standard InChI is InChI=1S/C12H13NO2S/c1-2-15-12(14)11(13-9-16)8-10-6-4-3-5-7-10/h3-7,11H,2,8H2,1H3/t11-/m1/s1. The highest BCUT2D eigenvalue weighted by Gasteiger charge is 2.18. The van der Waals surface area contributed by atoms with E-state index in [4.69, 9.17) is 4.74 Å². The van der Waals surface area contributed by atoms with Gasteiger partial charge < -0.3 is 4.74 Å². The van der Waals surface area contributed by atoms with E-state index in [0.29, 0.717) is 13.0 Å². The first-order chi connectivity index (χ1) is 7.77. The van der Waals surface area contributed by atoms with Crippen LogP contribution in [0.3, 0.4) is 0 Å². The fraction of sp³-hybridized carbons (Fsp3) is 0.333. The zero-order valence-corrected chi connectivity index (χ0v) is 9.87. The number of thiocarbonyl (C=S) groups is 1. The van der Waals surface area contributed by atoms with Crippen LogP contribution in [0, 0.1) is 0 Å². The summed E-state index contributed by atoms with van der Waals surface area (Å²) < 4.78 is 4.91. The topological polar surface area (TPSA) is 38.7 Å². The van der Waals surface area contributed by atoms with Gasteiger partial charge in [0.05, 0.1) is 11.8 Å². The van der Waals surface area contributed by atoms with E-state index < -0.39 is 6.04 Å². The Morgan fingerprint density at radius 3 is 2.75 bits per heavy atom. The summed E-state index contributed by atoms with van der Waals surface area (Å²) in [5, 5.41) is 2.23. The average Bonchev–Trinajstić information content (AvgIpc) is 2.30. The molecule has 0 aliphatic carbocycles. The van der Waals surface area contributed by atoms with Crippen molar-refractivity contribution in [3.05, 3.63) is 35.9 Å². The Bertz CT molecular complexity index is 385. The number of aliphatic imine (C=N–C) groups is 1. The molecular weight excluding hydrogens is 222 g/mol. The van der Waals surface area contributed by atoms with Crippen molar-refractivity contribution in [3.63, 3.8) is 0 Å². The Balaban J connectivity index is 2.72. The second kappa shape index (κ2) is 6.88. The Morgan fingerprint density at radius 2 is 2.19 bits per heavy atom. The highest BCUT2D eigenvalue weighted by atomic mass is 32.1. The quantitative estimate of drug-likeness (QED) is 0.446. The predicted octanol–water partition coefficient (Wildman–Crippen LogP) is 2.26. The Morgan fingerprint density at radius 1 is 1.50 bits per heavy atom. The largest absolute Gasteiger partial charge is 0.464 e. The summed E-state index contributed by atoms with van der Waals surface area (Å²) in [4.78, 5) is 15.4. The molecule has 1 rings (SSSR count). The van der Waals surface area contributed by atoms with Crippen LogP contribution >= 0.6 is 12.2 Å². The normalized spacial score (nSPS) is 11.3.